The standard InChI is InChI=1S/C10H10BrN3O2/c1-5-7(3-6(11)4-8(5)12)9-13-14-10(15-2)16-9/h3-4H,12H2,1-2H3. The molecule has 84 valence electrons. The second kappa shape index (κ2) is 4.13. The summed E-state index contributed by atoms with van der Waals surface area (Å²) in [6, 6.07) is 3.70. The van der Waals surface area contributed by atoms with Crippen molar-refractivity contribution in [1.29, 1.82) is 0 Å². The number of nitrogens with two attached hydrogens (primary N) is 1. The van der Waals surface area contributed by atoms with Crippen LogP contribution >= 0.6 is 15.9 Å². The van der Waals surface area contributed by atoms with E-state index < -0.39 is 0 Å². The molecular weight excluding hydrogens is 274 g/mol. The molecule has 0 saturated heterocycles. The Kier molecular flexibility index (Phi) is 2.82. The van der Waals surface area contributed by atoms with Crippen molar-refractivity contribution in [2.45, 2.75) is 6.92 Å². The van der Waals surface area contributed by atoms with E-state index in [2.05, 4.69) is 26.1 Å². The lowest BCUT2D eigenvalue weighted by Crippen LogP contribution is -1.93. The summed E-state index contributed by atoms with van der Waals surface area (Å²) in [5.41, 5.74) is 8.21. The first-order valence-electron chi connectivity index (χ1n) is 4.55. The molecule has 6 heteroatoms. The third-order valence-corrected chi connectivity index (χ3v) is 2.68. The molecule has 2 rings (SSSR count). The largest absolute Gasteiger partial charge is 0.452 e. The fourth-order valence-corrected chi connectivity index (χ4v) is 1.80. The number of hydrogen-bond acceptors (Lipinski definition) is 5. The highest BCUT2D eigenvalue weighted by Gasteiger charge is 2.13. The van der Waals surface area contributed by atoms with Gasteiger partial charge in [0.1, 0.15) is 0 Å². The maximum absolute atomic E-state index is 5.85. The molecule has 0 bridgehead atoms. The molecule has 5 nitrogen and oxygen atoms in total. The number of hydrogen-bond donors (Lipinski definition) is 1. The Balaban J connectivity index is 2.54. The molecule has 16 heavy (non-hydrogen) atoms. The highest BCUT2D eigenvalue weighted by atomic mass is 79.9. The van der Waals surface area contributed by atoms with Crippen molar-refractivity contribution in [2.75, 3.05) is 12.8 Å². The summed E-state index contributed by atoms with van der Waals surface area (Å²) in [5, 5.41) is 7.60. The number of benzene rings is 1. The van der Waals surface area contributed by atoms with Crippen LogP contribution in [0.3, 0.4) is 0 Å². The van der Waals surface area contributed by atoms with Crippen molar-refractivity contribution >= 4 is 21.6 Å². The number of rotatable bonds is 2. The van der Waals surface area contributed by atoms with Gasteiger partial charge in [-0.15, -0.1) is 5.10 Å². The van der Waals surface area contributed by atoms with Crippen LogP contribution in [0.5, 0.6) is 6.08 Å². The summed E-state index contributed by atoms with van der Waals surface area (Å²) in [6.07, 6.45) is 0.132. The summed E-state index contributed by atoms with van der Waals surface area (Å²) in [4.78, 5) is 0. The molecule has 1 heterocycles. The van der Waals surface area contributed by atoms with Crippen LogP contribution < -0.4 is 10.5 Å². The van der Waals surface area contributed by atoms with Crippen molar-refractivity contribution in [3.63, 3.8) is 0 Å². The van der Waals surface area contributed by atoms with Gasteiger partial charge >= 0.3 is 6.08 Å². The van der Waals surface area contributed by atoms with Crippen molar-refractivity contribution in [1.82, 2.24) is 10.2 Å². The van der Waals surface area contributed by atoms with E-state index in [0.29, 0.717) is 11.6 Å². The van der Waals surface area contributed by atoms with E-state index >= 15 is 0 Å². The minimum atomic E-state index is 0.132. The Morgan fingerprint density at radius 1 is 1.38 bits per heavy atom. The molecule has 0 saturated carbocycles. The minimum absolute atomic E-state index is 0.132. The van der Waals surface area contributed by atoms with Crippen LogP contribution in [0.25, 0.3) is 11.5 Å². The van der Waals surface area contributed by atoms with Gasteiger partial charge in [0.25, 0.3) is 5.89 Å². The van der Waals surface area contributed by atoms with Gasteiger partial charge in [0.2, 0.25) is 0 Å². The van der Waals surface area contributed by atoms with E-state index in [9.17, 15) is 0 Å². The normalized spacial score (nSPS) is 10.4. The summed E-state index contributed by atoms with van der Waals surface area (Å²) in [6.45, 7) is 1.90. The predicted molar refractivity (Wildman–Crippen MR) is 63.1 cm³/mol. The first-order chi connectivity index (χ1) is 7.61. The maximum atomic E-state index is 5.85. The second-order valence-corrected chi connectivity index (χ2v) is 4.16. The number of ether oxygens (including phenoxy) is 1. The zero-order chi connectivity index (χ0) is 11.7. The quantitative estimate of drug-likeness (QED) is 0.857. The Labute approximate surface area is 101 Å². The van der Waals surface area contributed by atoms with Crippen LogP contribution in [0.15, 0.2) is 21.0 Å². The molecule has 0 atom stereocenters. The lowest BCUT2D eigenvalue weighted by molar-refractivity contribution is 0.293. The summed E-state index contributed by atoms with van der Waals surface area (Å²) < 4.78 is 11.0. The molecule has 0 unspecified atom stereocenters. The maximum Gasteiger partial charge on any atom is 0.414 e. The van der Waals surface area contributed by atoms with Crippen LogP contribution in [-0.2, 0) is 0 Å². The van der Waals surface area contributed by atoms with Crippen molar-refractivity contribution in [3.8, 4) is 17.5 Å². The molecule has 2 N–H and O–H groups in total. The predicted octanol–water partition coefficient (Wildman–Crippen LogP) is 2.40. The van der Waals surface area contributed by atoms with E-state index in [1.807, 2.05) is 19.1 Å². The number of anilines is 1. The molecule has 0 aliphatic rings. The lowest BCUT2D eigenvalue weighted by atomic mass is 10.1. The Morgan fingerprint density at radius 3 is 2.75 bits per heavy atom. The van der Waals surface area contributed by atoms with E-state index in [1.54, 1.807) is 0 Å². The fraction of sp³-hybridized carbons (Fsp3) is 0.200. The van der Waals surface area contributed by atoms with Gasteiger partial charge in [-0.3, -0.25) is 0 Å². The molecule has 0 aliphatic heterocycles. The molecule has 0 fully saturated rings. The molecule has 0 radical (unpaired) electrons. The van der Waals surface area contributed by atoms with Gasteiger partial charge in [-0.2, -0.15) is 0 Å². The molecule has 1 aromatic carbocycles. The van der Waals surface area contributed by atoms with Gasteiger partial charge in [-0.05, 0) is 24.6 Å². The zero-order valence-electron chi connectivity index (χ0n) is 8.82. The molecule has 0 amide bonds. The summed E-state index contributed by atoms with van der Waals surface area (Å²) in [7, 11) is 1.47. The minimum Gasteiger partial charge on any atom is -0.452 e. The summed E-state index contributed by atoms with van der Waals surface area (Å²) >= 11 is 3.37. The van der Waals surface area contributed by atoms with E-state index in [4.69, 9.17) is 14.9 Å². The molecule has 2 aromatic rings. The van der Waals surface area contributed by atoms with Crippen LogP contribution in [0.4, 0.5) is 5.69 Å². The van der Waals surface area contributed by atoms with Gasteiger partial charge in [0.05, 0.1) is 7.11 Å². The number of methoxy groups -OCH3 is 1. The second-order valence-electron chi connectivity index (χ2n) is 3.24. The van der Waals surface area contributed by atoms with Crippen molar-refractivity contribution in [3.05, 3.63) is 22.2 Å². The third-order valence-electron chi connectivity index (χ3n) is 2.22. The topological polar surface area (TPSA) is 74.2 Å². The number of nitrogen functional groups attached to an aromatic ring is 1. The summed E-state index contributed by atoms with van der Waals surface area (Å²) in [5.74, 6) is 0.391. The number of halogens is 1. The molecule has 1 aromatic heterocycles. The van der Waals surface area contributed by atoms with Crippen LogP contribution in [0.1, 0.15) is 5.56 Å². The van der Waals surface area contributed by atoms with Gasteiger partial charge < -0.3 is 14.9 Å². The van der Waals surface area contributed by atoms with Crippen LogP contribution in [-0.4, -0.2) is 17.3 Å². The Bertz CT molecular complexity index is 525. The Morgan fingerprint density at radius 2 is 2.12 bits per heavy atom. The van der Waals surface area contributed by atoms with E-state index in [1.165, 1.54) is 7.11 Å². The fourth-order valence-electron chi connectivity index (χ4n) is 1.32. The zero-order valence-corrected chi connectivity index (χ0v) is 10.4. The average molecular weight is 284 g/mol. The van der Waals surface area contributed by atoms with Crippen molar-refractivity contribution < 1.29 is 9.15 Å². The van der Waals surface area contributed by atoms with E-state index in [-0.39, 0.29) is 6.08 Å². The van der Waals surface area contributed by atoms with Gasteiger partial charge in [0, 0.05) is 15.7 Å². The first-order valence-corrected chi connectivity index (χ1v) is 5.34. The van der Waals surface area contributed by atoms with Crippen molar-refractivity contribution in [2.24, 2.45) is 0 Å². The van der Waals surface area contributed by atoms with Crippen LogP contribution in [0.2, 0.25) is 0 Å². The van der Waals surface area contributed by atoms with Gasteiger partial charge in [-0.1, -0.05) is 21.0 Å². The third kappa shape index (κ3) is 1.88. The van der Waals surface area contributed by atoms with E-state index in [0.717, 1.165) is 15.6 Å². The number of nitrogens with zero attached hydrogens (tertiary/aromatic N) is 2. The van der Waals surface area contributed by atoms with Gasteiger partial charge in [-0.25, -0.2) is 0 Å². The SMILES string of the molecule is COc1nnc(-c2cc(Br)cc(N)c2C)o1. The molecule has 0 spiro atoms. The molecular formula is C10H10BrN3O2. The lowest BCUT2D eigenvalue weighted by Gasteiger charge is -2.05. The average Bonchev–Trinajstić information content (AvgIpc) is 2.71. The number of aromatic nitrogens is 2. The highest BCUT2D eigenvalue weighted by Crippen LogP contribution is 2.31. The Hall–Kier alpha value is -1.56. The smallest absolute Gasteiger partial charge is 0.414 e. The van der Waals surface area contributed by atoms with Gasteiger partial charge in [0.15, 0.2) is 0 Å². The first kappa shape index (κ1) is 10.9. The highest BCUT2D eigenvalue weighted by molar-refractivity contribution is 9.10. The molecule has 0 aliphatic carbocycles. The monoisotopic (exact) mass is 283 g/mol. The van der Waals surface area contributed by atoms with Crippen LogP contribution in [0, 0.1) is 6.92 Å².